The zero-order valence-corrected chi connectivity index (χ0v) is 20.0. The fourth-order valence-corrected chi connectivity index (χ4v) is 5.06. The van der Waals surface area contributed by atoms with Gasteiger partial charge >= 0.3 is 0 Å². The minimum absolute atomic E-state index is 0.0627. The molecule has 1 saturated carbocycles. The summed E-state index contributed by atoms with van der Waals surface area (Å²) < 4.78 is 24.8. The molecule has 3 rings (SSSR count). The van der Waals surface area contributed by atoms with Gasteiger partial charge in [-0.25, -0.2) is 0 Å². The van der Waals surface area contributed by atoms with Gasteiger partial charge in [0.2, 0.25) is 0 Å². The van der Waals surface area contributed by atoms with Crippen molar-refractivity contribution in [1.82, 2.24) is 0 Å². The molecule has 5 nitrogen and oxygen atoms in total. The van der Waals surface area contributed by atoms with Gasteiger partial charge in [-0.1, -0.05) is 51.1 Å². The Kier molecular flexibility index (Phi) is 6.64. The van der Waals surface area contributed by atoms with Crippen molar-refractivity contribution in [2.75, 3.05) is 6.61 Å². The number of hydrogen-bond donors (Lipinski definition) is 1. The maximum Gasteiger partial charge on any atom is 0.191 e. The van der Waals surface area contributed by atoms with Crippen molar-refractivity contribution in [2.24, 2.45) is 5.92 Å². The molecule has 1 aliphatic heterocycles. The van der Waals surface area contributed by atoms with Crippen molar-refractivity contribution in [3.63, 3.8) is 0 Å². The second kappa shape index (κ2) is 8.40. The van der Waals surface area contributed by atoms with Crippen molar-refractivity contribution in [2.45, 2.75) is 96.0 Å². The molecule has 1 aromatic rings. The minimum atomic E-state index is -1.82. The third-order valence-electron chi connectivity index (χ3n) is 6.69. The summed E-state index contributed by atoms with van der Waals surface area (Å²) in [7, 11) is -1.82. The lowest BCUT2D eigenvalue weighted by molar-refractivity contribution is -0.189. The molecular weight excluding hydrogens is 384 g/mol. The zero-order chi connectivity index (χ0) is 21.4. The Morgan fingerprint density at radius 2 is 1.69 bits per heavy atom. The molecule has 164 valence electrons. The first-order valence-corrected chi connectivity index (χ1v) is 13.7. The number of benzene rings is 1. The summed E-state index contributed by atoms with van der Waals surface area (Å²) in [5, 5.41) is 11.2. The average Bonchev–Trinajstić information content (AvgIpc) is 3.04. The predicted molar refractivity (Wildman–Crippen MR) is 116 cm³/mol. The Labute approximate surface area is 176 Å². The van der Waals surface area contributed by atoms with Crippen LogP contribution in [0.2, 0.25) is 18.1 Å². The standard InChI is InChI=1S/C23H38O5Si/c1-22(2,3)29(6,7)26-14-13-17-18(24)20(21-19(17)27-23(4,5)28-21)25-15-16-11-9-8-10-12-16/h8-12,17-21,24H,13-15H2,1-7H3/t17-,18+,19-,20-,21-/m0/s1. The lowest BCUT2D eigenvalue weighted by Gasteiger charge is -2.36. The summed E-state index contributed by atoms with van der Waals surface area (Å²) in [4.78, 5) is 0. The van der Waals surface area contributed by atoms with E-state index in [2.05, 4.69) is 33.9 Å². The van der Waals surface area contributed by atoms with Gasteiger partial charge in [-0.3, -0.25) is 0 Å². The van der Waals surface area contributed by atoms with Gasteiger partial charge in [0.25, 0.3) is 0 Å². The summed E-state index contributed by atoms with van der Waals surface area (Å²) in [6.45, 7) is 16.1. The van der Waals surface area contributed by atoms with Crippen LogP contribution in [0.3, 0.4) is 0 Å². The first-order chi connectivity index (χ1) is 13.4. The summed E-state index contributed by atoms with van der Waals surface area (Å²) in [6.07, 6.45) is -0.738. The molecule has 1 N–H and O–H groups in total. The molecule has 0 radical (unpaired) electrons. The molecule has 0 unspecified atom stereocenters. The molecule has 1 saturated heterocycles. The summed E-state index contributed by atoms with van der Waals surface area (Å²) in [5.41, 5.74) is 1.08. The second-order valence-corrected chi connectivity index (χ2v) is 15.2. The van der Waals surface area contributed by atoms with E-state index in [0.717, 1.165) is 12.0 Å². The van der Waals surface area contributed by atoms with Crippen LogP contribution in [-0.4, -0.2) is 50.2 Å². The lowest BCUT2D eigenvalue weighted by Crippen LogP contribution is -2.42. The van der Waals surface area contributed by atoms with Gasteiger partial charge in [-0.2, -0.15) is 0 Å². The summed E-state index contributed by atoms with van der Waals surface area (Å²) in [6, 6.07) is 10.0. The Hall–Kier alpha value is -0.763. The quantitative estimate of drug-likeness (QED) is 0.656. The Bertz CT molecular complexity index is 670. The second-order valence-electron chi connectivity index (χ2n) is 10.4. The van der Waals surface area contributed by atoms with Gasteiger partial charge < -0.3 is 23.7 Å². The van der Waals surface area contributed by atoms with E-state index in [1.807, 2.05) is 44.2 Å². The number of fused-ring (bicyclic) bond motifs is 1. The molecule has 2 fully saturated rings. The van der Waals surface area contributed by atoms with Crippen LogP contribution in [0.1, 0.15) is 46.6 Å². The number of aliphatic hydroxyl groups is 1. The average molecular weight is 423 g/mol. The summed E-state index contributed by atoms with van der Waals surface area (Å²) >= 11 is 0. The van der Waals surface area contributed by atoms with Crippen LogP contribution in [0.5, 0.6) is 0 Å². The van der Waals surface area contributed by atoms with Gasteiger partial charge in [-0.05, 0) is 44.0 Å². The highest BCUT2D eigenvalue weighted by Crippen LogP contribution is 2.45. The molecule has 6 heteroatoms. The van der Waals surface area contributed by atoms with E-state index < -0.39 is 26.3 Å². The van der Waals surface area contributed by atoms with E-state index in [1.165, 1.54) is 0 Å². The van der Waals surface area contributed by atoms with E-state index in [4.69, 9.17) is 18.6 Å². The molecule has 0 spiro atoms. The zero-order valence-electron chi connectivity index (χ0n) is 19.0. The van der Waals surface area contributed by atoms with Gasteiger partial charge in [0, 0.05) is 12.5 Å². The van der Waals surface area contributed by atoms with Crippen LogP contribution in [-0.2, 0) is 25.2 Å². The van der Waals surface area contributed by atoms with Crippen molar-refractivity contribution in [1.29, 1.82) is 0 Å². The Balaban J connectivity index is 1.65. The number of rotatable bonds is 7. The number of aliphatic hydroxyl groups excluding tert-OH is 1. The van der Waals surface area contributed by atoms with Crippen molar-refractivity contribution in [3.05, 3.63) is 35.9 Å². The highest BCUT2D eigenvalue weighted by Gasteiger charge is 2.59. The van der Waals surface area contributed by atoms with Crippen LogP contribution in [0, 0.1) is 5.92 Å². The van der Waals surface area contributed by atoms with Crippen LogP contribution in [0.4, 0.5) is 0 Å². The largest absolute Gasteiger partial charge is 0.417 e. The van der Waals surface area contributed by atoms with Crippen molar-refractivity contribution >= 4 is 8.32 Å². The van der Waals surface area contributed by atoms with Gasteiger partial charge in [0.15, 0.2) is 14.1 Å². The van der Waals surface area contributed by atoms with Gasteiger partial charge in [0.05, 0.1) is 18.8 Å². The molecule has 1 aliphatic carbocycles. The van der Waals surface area contributed by atoms with Crippen LogP contribution < -0.4 is 0 Å². The third kappa shape index (κ3) is 5.11. The van der Waals surface area contributed by atoms with E-state index in [0.29, 0.717) is 13.2 Å². The summed E-state index contributed by atoms with van der Waals surface area (Å²) in [5.74, 6) is -0.727. The minimum Gasteiger partial charge on any atom is -0.417 e. The van der Waals surface area contributed by atoms with E-state index in [-0.39, 0.29) is 23.2 Å². The molecule has 5 atom stereocenters. The maximum atomic E-state index is 11.1. The lowest BCUT2D eigenvalue weighted by atomic mass is 9.99. The molecule has 0 aromatic heterocycles. The smallest absolute Gasteiger partial charge is 0.191 e. The molecule has 29 heavy (non-hydrogen) atoms. The topological polar surface area (TPSA) is 57.2 Å². The Morgan fingerprint density at radius 3 is 2.31 bits per heavy atom. The number of hydrogen-bond acceptors (Lipinski definition) is 5. The Morgan fingerprint density at radius 1 is 1.07 bits per heavy atom. The molecule has 1 heterocycles. The maximum absolute atomic E-state index is 11.1. The molecule has 2 aliphatic rings. The first-order valence-electron chi connectivity index (χ1n) is 10.7. The van der Waals surface area contributed by atoms with Crippen molar-refractivity contribution < 1.29 is 23.7 Å². The SMILES string of the molecule is CC1(C)O[C@@H]2[C@@H](OCc3ccccc3)[C@H](O)[C@H](CCO[Si](C)(C)C(C)(C)C)[C@@H]2O1. The van der Waals surface area contributed by atoms with E-state index in [1.54, 1.807) is 0 Å². The van der Waals surface area contributed by atoms with Crippen LogP contribution >= 0.6 is 0 Å². The third-order valence-corrected chi connectivity index (χ3v) is 11.2. The van der Waals surface area contributed by atoms with E-state index in [9.17, 15) is 5.11 Å². The molecule has 0 amide bonds. The molecular formula is C23H38O5Si. The number of ether oxygens (including phenoxy) is 3. The molecule has 1 aromatic carbocycles. The fraction of sp³-hybridized carbons (Fsp3) is 0.739. The molecule has 0 bridgehead atoms. The highest BCUT2D eigenvalue weighted by molar-refractivity contribution is 6.74. The first kappa shape index (κ1) is 22.9. The van der Waals surface area contributed by atoms with Crippen LogP contribution in [0.15, 0.2) is 30.3 Å². The van der Waals surface area contributed by atoms with Gasteiger partial charge in [-0.15, -0.1) is 0 Å². The highest BCUT2D eigenvalue weighted by atomic mass is 28.4. The van der Waals surface area contributed by atoms with Gasteiger partial charge in [0.1, 0.15) is 12.2 Å². The van der Waals surface area contributed by atoms with Crippen LogP contribution in [0.25, 0.3) is 0 Å². The van der Waals surface area contributed by atoms with E-state index >= 15 is 0 Å². The normalized spacial score (nSPS) is 31.8. The van der Waals surface area contributed by atoms with Crippen molar-refractivity contribution in [3.8, 4) is 0 Å². The fourth-order valence-electron chi connectivity index (χ4n) is 4.00. The monoisotopic (exact) mass is 422 g/mol. The predicted octanol–water partition coefficient (Wildman–Crippen LogP) is 4.49.